The van der Waals surface area contributed by atoms with E-state index < -0.39 is 0 Å². The highest BCUT2D eigenvalue weighted by atomic mass is 14.6. The summed E-state index contributed by atoms with van der Waals surface area (Å²) in [4.78, 5) is 0. The normalized spacial score (nSPS) is 38.1. The van der Waals surface area contributed by atoms with E-state index in [0.29, 0.717) is 5.41 Å². The van der Waals surface area contributed by atoms with Crippen molar-refractivity contribution in [2.75, 3.05) is 0 Å². The summed E-state index contributed by atoms with van der Waals surface area (Å²) in [5.41, 5.74) is 1.47. The number of rotatable bonds is 1. The number of hydrogen-bond acceptors (Lipinski definition) is 0. The van der Waals surface area contributed by atoms with Crippen LogP contribution in [-0.2, 0) is 0 Å². The van der Waals surface area contributed by atoms with Crippen molar-refractivity contribution in [3.8, 4) is 0 Å². The molecule has 0 nitrogen and oxygen atoms in total. The first-order valence-electron chi connectivity index (χ1n) is 3.35. The smallest absolute Gasteiger partial charge is 0.107 e. The zero-order chi connectivity index (χ0) is 7.28. The van der Waals surface area contributed by atoms with Gasteiger partial charge in [0.25, 0.3) is 0 Å². The average molecular weight is 120 g/mol. The van der Waals surface area contributed by atoms with Gasteiger partial charge in [-0.05, 0) is 17.3 Å². The van der Waals surface area contributed by atoms with Gasteiger partial charge in [-0.2, -0.15) is 0 Å². The van der Waals surface area contributed by atoms with E-state index in [4.69, 9.17) is 7.85 Å². The SMILES string of the molecule is [B]C(=C)C1(C)CC1(C)C. The lowest BCUT2D eigenvalue weighted by Crippen LogP contribution is -2.06. The summed E-state index contributed by atoms with van der Waals surface area (Å²) in [5, 5.41) is 0. The fourth-order valence-electron chi connectivity index (χ4n) is 1.39. The van der Waals surface area contributed by atoms with Crippen LogP contribution in [0.4, 0.5) is 0 Å². The van der Waals surface area contributed by atoms with Gasteiger partial charge in [-0.25, -0.2) is 0 Å². The maximum absolute atomic E-state index is 5.61. The van der Waals surface area contributed by atoms with Crippen molar-refractivity contribution in [3.05, 3.63) is 12.1 Å². The lowest BCUT2D eigenvalue weighted by molar-refractivity contribution is 0.496. The van der Waals surface area contributed by atoms with Crippen molar-refractivity contribution in [2.24, 2.45) is 10.8 Å². The van der Waals surface area contributed by atoms with Crippen LogP contribution < -0.4 is 0 Å². The molecule has 2 radical (unpaired) electrons. The predicted molar refractivity (Wildman–Crippen MR) is 41.4 cm³/mol. The second-order valence-corrected chi connectivity index (χ2v) is 3.92. The number of allylic oxidation sites excluding steroid dienone is 1. The molecule has 0 spiro atoms. The Hall–Kier alpha value is -0.195. The molecule has 0 saturated heterocycles. The molecule has 0 N–H and O–H groups in total. The van der Waals surface area contributed by atoms with E-state index in [0.717, 1.165) is 5.47 Å². The largest absolute Gasteiger partial charge is 0.119 e. The molecule has 1 unspecified atom stereocenters. The van der Waals surface area contributed by atoms with E-state index in [-0.39, 0.29) is 5.41 Å². The molecule has 1 aliphatic rings. The highest BCUT2D eigenvalue weighted by molar-refractivity contribution is 6.22. The van der Waals surface area contributed by atoms with Crippen molar-refractivity contribution in [1.82, 2.24) is 0 Å². The number of hydrogen-bond donors (Lipinski definition) is 0. The van der Waals surface area contributed by atoms with Gasteiger partial charge < -0.3 is 0 Å². The van der Waals surface area contributed by atoms with E-state index in [1.807, 2.05) is 0 Å². The lowest BCUT2D eigenvalue weighted by Gasteiger charge is -2.14. The summed E-state index contributed by atoms with van der Waals surface area (Å²) in [7, 11) is 5.61. The Morgan fingerprint density at radius 3 is 1.78 bits per heavy atom. The molecule has 9 heavy (non-hydrogen) atoms. The van der Waals surface area contributed by atoms with Crippen molar-refractivity contribution in [2.45, 2.75) is 27.2 Å². The topological polar surface area (TPSA) is 0 Å². The van der Waals surface area contributed by atoms with Gasteiger partial charge in [0.15, 0.2) is 0 Å². The third kappa shape index (κ3) is 0.744. The van der Waals surface area contributed by atoms with E-state index in [1.54, 1.807) is 0 Å². The highest BCUT2D eigenvalue weighted by Crippen LogP contribution is 2.65. The fourth-order valence-corrected chi connectivity index (χ4v) is 1.39. The van der Waals surface area contributed by atoms with Crippen molar-refractivity contribution >= 4 is 7.85 Å². The average Bonchev–Trinajstić information content (AvgIpc) is 2.08. The predicted octanol–water partition coefficient (Wildman–Crippen LogP) is 2.10. The lowest BCUT2D eigenvalue weighted by atomic mass is 9.79. The third-order valence-electron chi connectivity index (χ3n) is 2.87. The molecular weight excluding hydrogens is 107 g/mol. The Kier molecular flexibility index (Phi) is 1.11. The van der Waals surface area contributed by atoms with Gasteiger partial charge in [-0.3, -0.25) is 0 Å². The molecule has 1 fully saturated rings. The van der Waals surface area contributed by atoms with Crippen LogP contribution in [0.25, 0.3) is 0 Å². The Labute approximate surface area is 58.8 Å². The van der Waals surface area contributed by atoms with Crippen LogP contribution in [0.2, 0.25) is 0 Å². The first-order chi connectivity index (χ1) is 3.90. The third-order valence-corrected chi connectivity index (χ3v) is 2.87. The fraction of sp³-hybridized carbons (Fsp3) is 0.750. The molecule has 0 aromatic heterocycles. The van der Waals surface area contributed by atoms with Gasteiger partial charge in [-0.1, -0.05) is 20.8 Å². The first-order valence-corrected chi connectivity index (χ1v) is 3.35. The van der Waals surface area contributed by atoms with Gasteiger partial charge >= 0.3 is 0 Å². The molecule has 1 aliphatic carbocycles. The van der Waals surface area contributed by atoms with Crippen LogP contribution >= 0.6 is 0 Å². The first kappa shape index (κ1) is 6.92. The molecule has 0 heterocycles. The Bertz CT molecular complexity index is 158. The Morgan fingerprint density at radius 2 is 1.78 bits per heavy atom. The summed E-state index contributed by atoms with van der Waals surface area (Å²) in [6.45, 7) is 10.4. The second-order valence-electron chi connectivity index (χ2n) is 3.92. The van der Waals surface area contributed by atoms with Crippen LogP contribution in [0.1, 0.15) is 27.2 Å². The quantitative estimate of drug-likeness (QED) is 0.465. The summed E-state index contributed by atoms with van der Waals surface area (Å²) < 4.78 is 0. The molecule has 0 bridgehead atoms. The maximum Gasteiger partial charge on any atom is 0.107 e. The van der Waals surface area contributed by atoms with E-state index in [9.17, 15) is 0 Å². The molecule has 0 aromatic carbocycles. The molecule has 0 aromatic rings. The van der Waals surface area contributed by atoms with Gasteiger partial charge in [-0.15, -0.1) is 12.1 Å². The van der Waals surface area contributed by atoms with Crippen molar-refractivity contribution < 1.29 is 0 Å². The van der Waals surface area contributed by atoms with E-state index >= 15 is 0 Å². The van der Waals surface area contributed by atoms with E-state index in [2.05, 4.69) is 27.4 Å². The molecule has 48 valence electrons. The molecule has 1 atom stereocenters. The zero-order valence-electron chi connectivity index (χ0n) is 6.49. The van der Waals surface area contributed by atoms with Crippen molar-refractivity contribution in [1.29, 1.82) is 0 Å². The molecule has 1 saturated carbocycles. The van der Waals surface area contributed by atoms with Crippen LogP contribution in [0.5, 0.6) is 0 Å². The molecule has 0 amide bonds. The highest BCUT2D eigenvalue weighted by Gasteiger charge is 2.56. The summed E-state index contributed by atoms with van der Waals surface area (Å²) >= 11 is 0. The molecule has 1 heteroatoms. The zero-order valence-corrected chi connectivity index (χ0v) is 6.49. The maximum atomic E-state index is 5.61. The molecule has 1 rings (SSSR count). The molecular formula is C8H13B. The summed E-state index contributed by atoms with van der Waals surface area (Å²) in [6, 6.07) is 0. The van der Waals surface area contributed by atoms with Gasteiger partial charge in [0, 0.05) is 0 Å². The Morgan fingerprint density at radius 1 is 1.44 bits per heavy atom. The monoisotopic (exact) mass is 120 g/mol. The minimum absolute atomic E-state index is 0.229. The van der Waals surface area contributed by atoms with Crippen LogP contribution in [0, 0.1) is 10.8 Å². The van der Waals surface area contributed by atoms with E-state index in [1.165, 1.54) is 6.42 Å². The van der Waals surface area contributed by atoms with Crippen LogP contribution in [-0.4, -0.2) is 7.85 Å². The van der Waals surface area contributed by atoms with Crippen LogP contribution in [0.3, 0.4) is 0 Å². The van der Waals surface area contributed by atoms with Gasteiger partial charge in [0.1, 0.15) is 7.85 Å². The van der Waals surface area contributed by atoms with Gasteiger partial charge in [0.05, 0.1) is 0 Å². The van der Waals surface area contributed by atoms with Crippen molar-refractivity contribution in [3.63, 3.8) is 0 Å². The minimum Gasteiger partial charge on any atom is -0.119 e. The molecule has 0 aliphatic heterocycles. The summed E-state index contributed by atoms with van der Waals surface area (Å²) in [5.74, 6) is 0. The van der Waals surface area contributed by atoms with Gasteiger partial charge in [0.2, 0.25) is 0 Å². The van der Waals surface area contributed by atoms with Crippen LogP contribution in [0.15, 0.2) is 12.1 Å². The second kappa shape index (κ2) is 1.45. The Balaban J connectivity index is 2.74. The minimum atomic E-state index is 0.229. The summed E-state index contributed by atoms with van der Waals surface area (Å²) in [6.07, 6.45) is 1.19. The standard InChI is InChI=1S/C8H13B/c1-6(9)8(4)5-7(8,2)3/h1,5H2,2-4H3.